The Kier molecular flexibility index (Phi) is 5.02. The van der Waals surface area contributed by atoms with Gasteiger partial charge >= 0.3 is 5.97 Å². The van der Waals surface area contributed by atoms with Gasteiger partial charge in [0.05, 0.1) is 11.6 Å². The maximum absolute atomic E-state index is 12.5. The van der Waals surface area contributed by atoms with Crippen LogP contribution in [-0.4, -0.2) is 38.0 Å². The van der Waals surface area contributed by atoms with Crippen molar-refractivity contribution in [2.45, 2.75) is 32.9 Å². The summed E-state index contributed by atoms with van der Waals surface area (Å²) in [7, 11) is 0. The predicted molar refractivity (Wildman–Crippen MR) is 98.5 cm³/mol. The van der Waals surface area contributed by atoms with E-state index in [1.165, 1.54) is 6.92 Å². The van der Waals surface area contributed by atoms with Crippen LogP contribution in [0.2, 0.25) is 0 Å². The summed E-state index contributed by atoms with van der Waals surface area (Å²) in [5.74, 6) is -0.799. The number of carbonyl (C=O) groups is 2. The van der Waals surface area contributed by atoms with Crippen LogP contribution >= 0.6 is 0 Å². The average Bonchev–Trinajstić information content (AvgIpc) is 3.10. The smallest absolute Gasteiger partial charge is 0.360 e. The molecule has 9 nitrogen and oxygen atoms in total. The second kappa shape index (κ2) is 7.40. The molecule has 0 saturated carbocycles. The van der Waals surface area contributed by atoms with Crippen LogP contribution in [0.1, 0.15) is 37.3 Å². The molecule has 0 fully saturated rings. The number of rotatable bonds is 5. The van der Waals surface area contributed by atoms with Gasteiger partial charge in [-0.1, -0.05) is 18.2 Å². The van der Waals surface area contributed by atoms with Crippen molar-refractivity contribution >= 4 is 28.5 Å². The molecule has 0 saturated heterocycles. The zero-order valence-electron chi connectivity index (χ0n) is 15.1. The van der Waals surface area contributed by atoms with Gasteiger partial charge in [-0.05, 0) is 26.8 Å². The molecule has 0 aliphatic carbocycles. The number of H-pyrrole nitrogens is 1. The Morgan fingerprint density at radius 2 is 1.85 bits per heavy atom. The highest BCUT2D eigenvalue weighted by Gasteiger charge is 2.23. The number of carbonyl (C=O) groups excluding carboxylic acids is 2. The summed E-state index contributed by atoms with van der Waals surface area (Å²) in [6.07, 6.45) is 0.503. The number of amides is 1. The molecule has 140 valence electrons. The summed E-state index contributed by atoms with van der Waals surface area (Å²) in [6, 6.07) is 8.26. The lowest BCUT2D eigenvalue weighted by Gasteiger charge is -2.15. The van der Waals surface area contributed by atoms with Gasteiger partial charge in [-0.15, -0.1) is 0 Å². The first-order chi connectivity index (χ1) is 12.9. The fourth-order valence-electron chi connectivity index (χ4n) is 2.59. The minimum atomic E-state index is -1.07. The first kappa shape index (κ1) is 18.3. The van der Waals surface area contributed by atoms with E-state index in [1.807, 2.05) is 13.8 Å². The Morgan fingerprint density at radius 3 is 2.56 bits per heavy atom. The summed E-state index contributed by atoms with van der Waals surface area (Å²) in [5.41, 5.74) is -0.466. The average molecular weight is 369 g/mol. The van der Waals surface area contributed by atoms with Gasteiger partial charge in [-0.25, -0.2) is 14.6 Å². The molecule has 2 N–H and O–H groups in total. The Hall–Kier alpha value is -3.49. The highest BCUT2D eigenvalue weighted by Crippen LogP contribution is 2.16. The Morgan fingerprint density at radius 1 is 1.15 bits per heavy atom. The highest BCUT2D eigenvalue weighted by molar-refractivity contribution is 6.03. The minimum absolute atomic E-state index is 0.0583. The van der Waals surface area contributed by atoms with Crippen molar-refractivity contribution in [2.75, 3.05) is 5.32 Å². The summed E-state index contributed by atoms with van der Waals surface area (Å²) in [5, 5.41) is 13.5. The highest BCUT2D eigenvalue weighted by atomic mass is 16.5. The molecule has 2 heterocycles. The summed E-state index contributed by atoms with van der Waals surface area (Å²) in [6.45, 7) is 5.31. The first-order valence-electron chi connectivity index (χ1n) is 8.41. The van der Waals surface area contributed by atoms with E-state index in [-0.39, 0.29) is 11.7 Å². The van der Waals surface area contributed by atoms with Crippen molar-refractivity contribution in [1.82, 2.24) is 20.0 Å². The number of ether oxygens (including phenoxy) is 1. The van der Waals surface area contributed by atoms with E-state index in [2.05, 4.69) is 20.6 Å². The molecule has 3 aromatic rings. The number of nitrogens with one attached hydrogen (secondary N) is 2. The van der Waals surface area contributed by atoms with Crippen LogP contribution in [0.25, 0.3) is 10.8 Å². The number of hydrogen-bond donors (Lipinski definition) is 2. The van der Waals surface area contributed by atoms with Crippen molar-refractivity contribution in [1.29, 1.82) is 0 Å². The molecular weight excluding hydrogens is 350 g/mol. The molecule has 1 aromatic carbocycles. The molecule has 3 rings (SSSR count). The van der Waals surface area contributed by atoms with Gasteiger partial charge in [0, 0.05) is 17.5 Å². The zero-order chi connectivity index (χ0) is 19.6. The van der Waals surface area contributed by atoms with Crippen LogP contribution < -0.4 is 10.9 Å². The molecule has 0 bridgehead atoms. The van der Waals surface area contributed by atoms with E-state index in [1.54, 1.807) is 41.2 Å². The molecule has 2 aromatic heterocycles. The van der Waals surface area contributed by atoms with Crippen LogP contribution in [0.15, 0.2) is 41.3 Å². The molecule has 1 atom stereocenters. The van der Waals surface area contributed by atoms with Crippen LogP contribution in [0.4, 0.5) is 5.82 Å². The van der Waals surface area contributed by atoms with Gasteiger partial charge in [0.1, 0.15) is 5.82 Å². The number of nitrogens with zero attached hydrogens (tertiary/aromatic N) is 3. The molecule has 27 heavy (non-hydrogen) atoms. The Balaban J connectivity index is 1.76. The number of fused-ring (bicyclic) bond motifs is 1. The topological polar surface area (TPSA) is 119 Å². The lowest BCUT2D eigenvalue weighted by atomic mass is 10.1. The lowest BCUT2D eigenvalue weighted by molar-refractivity contribution is -0.123. The number of anilines is 1. The Bertz CT molecular complexity index is 1050. The number of hydrogen-bond acceptors (Lipinski definition) is 6. The zero-order valence-corrected chi connectivity index (χ0v) is 15.1. The van der Waals surface area contributed by atoms with Crippen LogP contribution in [0, 0.1) is 0 Å². The van der Waals surface area contributed by atoms with E-state index in [0.717, 1.165) is 0 Å². The maximum atomic E-state index is 12.5. The van der Waals surface area contributed by atoms with Gasteiger partial charge in [0.15, 0.2) is 11.8 Å². The molecule has 0 aliphatic rings. The van der Waals surface area contributed by atoms with Gasteiger partial charge in [0.25, 0.3) is 11.5 Å². The van der Waals surface area contributed by atoms with Gasteiger partial charge < -0.3 is 10.1 Å². The molecule has 0 radical (unpaired) electrons. The largest absolute Gasteiger partial charge is 0.448 e. The van der Waals surface area contributed by atoms with Crippen molar-refractivity contribution < 1.29 is 14.3 Å². The molecular formula is C18H19N5O4. The third kappa shape index (κ3) is 3.71. The van der Waals surface area contributed by atoms with Crippen molar-refractivity contribution in [3.8, 4) is 0 Å². The van der Waals surface area contributed by atoms with Gasteiger partial charge in [-0.2, -0.15) is 10.2 Å². The van der Waals surface area contributed by atoms with E-state index in [9.17, 15) is 14.4 Å². The maximum Gasteiger partial charge on any atom is 0.360 e. The number of esters is 1. The van der Waals surface area contributed by atoms with Crippen molar-refractivity contribution in [3.63, 3.8) is 0 Å². The van der Waals surface area contributed by atoms with Crippen molar-refractivity contribution in [2.24, 2.45) is 0 Å². The Labute approximate surface area is 154 Å². The third-order valence-electron chi connectivity index (χ3n) is 3.95. The van der Waals surface area contributed by atoms with Gasteiger partial charge in [-0.3, -0.25) is 9.59 Å². The van der Waals surface area contributed by atoms with Crippen LogP contribution in [-0.2, 0) is 9.53 Å². The molecule has 0 spiro atoms. The van der Waals surface area contributed by atoms with E-state index in [0.29, 0.717) is 16.6 Å². The third-order valence-corrected chi connectivity index (χ3v) is 3.95. The van der Waals surface area contributed by atoms with Crippen molar-refractivity contribution in [3.05, 3.63) is 52.6 Å². The summed E-state index contributed by atoms with van der Waals surface area (Å²) >= 11 is 0. The predicted octanol–water partition coefficient (Wildman–Crippen LogP) is 1.88. The van der Waals surface area contributed by atoms with Gasteiger partial charge in [0.2, 0.25) is 0 Å². The molecule has 0 aliphatic heterocycles. The number of benzene rings is 1. The summed E-state index contributed by atoms with van der Waals surface area (Å²) < 4.78 is 6.87. The second-order valence-electron chi connectivity index (χ2n) is 6.24. The van der Waals surface area contributed by atoms with E-state index >= 15 is 0 Å². The van der Waals surface area contributed by atoms with E-state index in [4.69, 9.17) is 4.74 Å². The number of aromatic nitrogens is 4. The fourth-order valence-corrected chi connectivity index (χ4v) is 2.59. The normalized spacial score (nSPS) is 12.1. The first-order valence-corrected chi connectivity index (χ1v) is 8.41. The van der Waals surface area contributed by atoms with E-state index < -0.39 is 23.5 Å². The SMILES string of the molecule is CC(OC(=O)c1n[nH]c(=O)c2ccccc12)C(=O)Nc1ccnn1C(C)C. The number of aromatic amines is 1. The fraction of sp³-hybridized carbons (Fsp3) is 0.278. The second-order valence-corrected chi connectivity index (χ2v) is 6.24. The quantitative estimate of drug-likeness (QED) is 0.663. The standard InChI is InChI=1S/C18H19N5O4/c1-10(2)23-14(8-9-19-23)20-16(24)11(3)27-18(26)15-12-6-4-5-7-13(12)17(25)22-21-15/h4-11H,1-3H3,(H,20,24)(H,22,25). The van der Waals surface area contributed by atoms with Crippen LogP contribution in [0.5, 0.6) is 0 Å². The molecule has 9 heteroatoms. The molecule has 1 unspecified atom stereocenters. The minimum Gasteiger partial charge on any atom is -0.448 e. The van der Waals surface area contributed by atoms with Crippen LogP contribution in [0.3, 0.4) is 0 Å². The monoisotopic (exact) mass is 369 g/mol. The summed E-state index contributed by atoms with van der Waals surface area (Å²) in [4.78, 5) is 36.6. The lowest BCUT2D eigenvalue weighted by Crippen LogP contribution is -2.31. The molecule has 1 amide bonds.